The maximum absolute atomic E-state index is 13.9. The lowest BCUT2D eigenvalue weighted by atomic mass is 9.88. The average molecular weight is 521 g/mol. The Bertz CT molecular complexity index is 1150. The second-order valence-electron chi connectivity index (χ2n) is 10.3. The third kappa shape index (κ3) is 6.00. The number of hydrogen-bond acceptors (Lipinski definition) is 6. The summed E-state index contributed by atoms with van der Waals surface area (Å²) in [5, 5.41) is 6.33. The Hall–Kier alpha value is -3.43. The molecule has 1 aliphatic carbocycles. The maximum atomic E-state index is 13.9. The van der Waals surface area contributed by atoms with Crippen LogP contribution in [-0.4, -0.2) is 63.7 Å². The molecule has 2 aliphatic heterocycles. The summed E-state index contributed by atoms with van der Waals surface area (Å²) in [6, 6.07) is 15.6. The molecule has 0 unspecified atom stereocenters. The summed E-state index contributed by atoms with van der Waals surface area (Å²) in [6.07, 6.45) is 3.10. The number of nitrogens with one attached hydrogen (secondary N) is 2. The van der Waals surface area contributed by atoms with Crippen LogP contribution in [-0.2, 0) is 25.7 Å². The number of ether oxygens (including phenoxy) is 2. The Morgan fingerprint density at radius 2 is 1.92 bits per heavy atom. The fourth-order valence-electron chi connectivity index (χ4n) is 5.26. The number of fused-ring (bicyclic) bond motifs is 1. The second-order valence-corrected chi connectivity index (χ2v) is 10.3. The molecule has 9 nitrogen and oxygen atoms in total. The molecule has 0 bridgehead atoms. The Balaban J connectivity index is 1.29. The highest BCUT2D eigenvalue weighted by Gasteiger charge is 2.40. The molecule has 0 aromatic heterocycles. The van der Waals surface area contributed by atoms with E-state index < -0.39 is 0 Å². The highest BCUT2D eigenvalue weighted by atomic mass is 16.5. The molecule has 0 radical (unpaired) electrons. The minimum Gasteiger partial charge on any atom is -0.482 e. The second kappa shape index (κ2) is 12.0. The van der Waals surface area contributed by atoms with Gasteiger partial charge < -0.3 is 29.9 Å². The molecule has 2 atom stereocenters. The van der Waals surface area contributed by atoms with Crippen LogP contribution in [0.4, 0.5) is 11.4 Å². The molecule has 2 fully saturated rings. The molecule has 2 N–H and O–H groups in total. The predicted octanol–water partition coefficient (Wildman–Crippen LogP) is 2.49. The first-order valence-corrected chi connectivity index (χ1v) is 13.5. The fourth-order valence-corrected chi connectivity index (χ4v) is 5.26. The smallest absolute Gasteiger partial charge is 0.265 e. The number of rotatable bonds is 10. The van der Waals surface area contributed by atoms with Gasteiger partial charge in [0.05, 0.1) is 17.5 Å². The first kappa shape index (κ1) is 26.2. The van der Waals surface area contributed by atoms with Crippen LogP contribution in [0.5, 0.6) is 5.75 Å². The van der Waals surface area contributed by atoms with Gasteiger partial charge in [-0.2, -0.15) is 0 Å². The highest BCUT2D eigenvalue weighted by molar-refractivity contribution is 6.01. The zero-order chi connectivity index (χ0) is 26.5. The summed E-state index contributed by atoms with van der Waals surface area (Å²) in [5.41, 5.74) is 2.50. The minimum absolute atomic E-state index is 0.00602. The Morgan fingerprint density at radius 3 is 2.68 bits per heavy atom. The first-order valence-electron chi connectivity index (χ1n) is 13.5. The van der Waals surface area contributed by atoms with E-state index in [-0.39, 0.29) is 42.2 Å². The standard InChI is InChI=1S/C29H36N4O5/c1-37-13-5-12-32-25-15-24(10-11-26(25)38-19-27(32)34)33(23-8-9-23)29(36)22-14-21(17-30-18-22)28(35)31-16-20-6-3-2-4-7-20/h2-4,6-7,10-11,15,21-23,30H,5,8-9,12-14,16-19H2,1H3,(H,31,35)/t21-,22+/m0/s1. The van der Waals surface area contributed by atoms with Crippen LogP contribution in [0.3, 0.4) is 0 Å². The molecule has 2 heterocycles. The molecule has 1 saturated carbocycles. The Kier molecular flexibility index (Phi) is 8.24. The molecule has 2 aromatic carbocycles. The number of carbonyl (C=O) groups excluding carboxylic acids is 3. The van der Waals surface area contributed by atoms with Gasteiger partial charge in [0.2, 0.25) is 11.8 Å². The van der Waals surface area contributed by atoms with Gasteiger partial charge in [-0.1, -0.05) is 30.3 Å². The molecular weight excluding hydrogens is 484 g/mol. The predicted molar refractivity (Wildman–Crippen MR) is 144 cm³/mol. The molecule has 202 valence electrons. The van der Waals surface area contributed by atoms with Crippen LogP contribution in [0.25, 0.3) is 0 Å². The monoisotopic (exact) mass is 520 g/mol. The minimum atomic E-state index is -0.302. The molecule has 2 aromatic rings. The van der Waals surface area contributed by atoms with Crippen molar-refractivity contribution in [2.75, 3.05) is 49.8 Å². The normalized spacial score (nSPS) is 20.9. The van der Waals surface area contributed by atoms with Gasteiger partial charge in [-0.25, -0.2) is 0 Å². The van der Waals surface area contributed by atoms with Crippen molar-refractivity contribution in [2.24, 2.45) is 11.8 Å². The van der Waals surface area contributed by atoms with E-state index in [0.717, 1.165) is 24.1 Å². The van der Waals surface area contributed by atoms with Gasteiger partial charge in [-0.3, -0.25) is 14.4 Å². The maximum Gasteiger partial charge on any atom is 0.265 e. The van der Waals surface area contributed by atoms with Gasteiger partial charge in [0.1, 0.15) is 5.75 Å². The average Bonchev–Trinajstić information content (AvgIpc) is 3.79. The summed E-state index contributed by atoms with van der Waals surface area (Å²) in [4.78, 5) is 43.0. The number of nitrogens with zero attached hydrogens (tertiary/aromatic N) is 2. The van der Waals surface area contributed by atoms with Gasteiger partial charge in [-0.05, 0) is 49.4 Å². The van der Waals surface area contributed by atoms with Gasteiger partial charge in [0.15, 0.2) is 6.61 Å². The van der Waals surface area contributed by atoms with Crippen LogP contribution < -0.4 is 25.2 Å². The third-order valence-corrected chi connectivity index (χ3v) is 7.42. The lowest BCUT2D eigenvalue weighted by molar-refractivity contribution is -0.128. The van der Waals surface area contributed by atoms with E-state index >= 15 is 0 Å². The van der Waals surface area contributed by atoms with E-state index in [2.05, 4.69) is 10.6 Å². The zero-order valence-electron chi connectivity index (χ0n) is 21.9. The largest absolute Gasteiger partial charge is 0.482 e. The topological polar surface area (TPSA) is 100 Å². The summed E-state index contributed by atoms with van der Waals surface area (Å²) in [6.45, 7) is 2.66. The summed E-state index contributed by atoms with van der Waals surface area (Å²) in [7, 11) is 1.64. The SMILES string of the molecule is COCCCN1C(=O)COc2ccc(N(C(=O)[C@H]3CNC[C@@H](C(=O)NCc4ccccc4)C3)C3CC3)cc21. The molecule has 38 heavy (non-hydrogen) atoms. The van der Waals surface area contributed by atoms with E-state index in [1.54, 1.807) is 12.0 Å². The van der Waals surface area contributed by atoms with Crippen molar-refractivity contribution in [3.05, 3.63) is 54.1 Å². The van der Waals surface area contributed by atoms with Crippen LogP contribution >= 0.6 is 0 Å². The van der Waals surface area contributed by atoms with Crippen LogP contribution in [0.1, 0.15) is 31.2 Å². The van der Waals surface area contributed by atoms with Crippen LogP contribution in [0.15, 0.2) is 48.5 Å². The molecule has 3 amide bonds. The van der Waals surface area contributed by atoms with E-state index in [4.69, 9.17) is 9.47 Å². The quantitative estimate of drug-likeness (QED) is 0.467. The number of benzene rings is 2. The number of methoxy groups -OCH3 is 1. The van der Waals surface area contributed by atoms with E-state index in [9.17, 15) is 14.4 Å². The fraction of sp³-hybridized carbons (Fsp3) is 0.483. The number of carbonyl (C=O) groups is 3. The van der Waals surface area contributed by atoms with Crippen molar-refractivity contribution in [3.63, 3.8) is 0 Å². The number of amides is 3. The molecule has 9 heteroatoms. The van der Waals surface area contributed by atoms with Crippen LogP contribution in [0, 0.1) is 11.8 Å². The summed E-state index contributed by atoms with van der Waals surface area (Å²) >= 11 is 0. The van der Waals surface area contributed by atoms with Crippen molar-refractivity contribution in [1.82, 2.24) is 10.6 Å². The van der Waals surface area contributed by atoms with E-state index in [0.29, 0.717) is 57.1 Å². The van der Waals surface area contributed by atoms with Crippen molar-refractivity contribution in [1.29, 1.82) is 0 Å². The van der Waals surface area contributed by atoms with Gasteiger partial charge in [0, 0.05) is 51.6 Å². The van der Waals surface area contributed by atoms with Crippen molar-refractivity contribution >= 4 is 29.1 Å². The third-order valence-electron chi connectivity index (χ3n) is 7.42. The zero-order valence-corrected chi connectivity index (χ0v) is 21.9. The lowest BCUT2D eigenvalue weighted by Gasteiger charge is -2.34. The van der Waals surface area contributed by atoms with Gasteiger partial charge >= 0.3 is 0 Å². The molecular formula is C29H36N4O5. The highest BCUT2D eigenvalue weighted by Crippen LogP contribution is 2.40. The molecule has 0 spiro atoms. The number of anilines is 2. The Labute approximate surface area is 223 Å². The number of hydrogen-bond donors (Lipinski definition) is 2. The first-order chi connectivity index (χ1) is 18.5. The summed E-state index contributed by atoms with van der Waals surface area (Å²) in [5.74, 6) is -0.0429. The van der Waals surface area contributed by atoms with Crippen molar-refractivity contribution < 1.29 is 23.9 Å². The van der Waals surface area contributed by atoms with Crippen molar-refractivity contribution in [3.8, 4) is 5.75 Å². The Morgan fingerprint density at radius 1 is 1.13 bits per heavy atom. The molecule has 3 aliphatic rings. The van der Waals surface area contributed by atoms with Crippen LogP contribution in [0.2, 0.25) is 0 Å². The molecule has 5 rings (SSSR count). The number of piperidine rings is 1. The van der Waals surface area contributed by atoms with Crippen molar-refractivity contribution in [2.45, 2.75) is 38.3 Å². The molecule has 1 saturated heterocycles. The van der Waals surface area contributed by atoms with E-state index in [1.165, 1.54) is 0 Å². The van der Waals surface area contributed by atoms with Gasteiger partial charge in [0.25, 0.3) is 5.91 Å². The van der Waals surface area contributed by atoms with E-state index in [1.807, 2.05) is 53.4 Å². The van der Waals surface area contributed by atoms with Gasteiger partial charge in [-0.15, -0.1) is 0 Å². The summed E-state index contributed by atoms with van der Waals surface area (Å²) < 4.78 is 10.8. The lowest BCUT2D eigenvalue weighted by Crippen LogP contribution is -2.50.